The minimum absolute atomic E-state index is 0.177. The van der Waals surface area contributed by atoms with E-state index in [1.165, 1.54) is 0 Å². The molecule has 4 nitrogen and oxygen atoms in total. The lowest BCUT2D eigenvalue weighted by Crippen LogP contribution is -2.14. The Labute approximate surface area is 93.7 Å². The molecule has 0 aromatic carbocycles. The summed E-state index contributed by atoms with van der Waals surface area (Å²) < 4.78 is 0. The molecule has 0 aliphatic heterocycles. The number of aliphatic hydroxyl groups is 2. The highest BCUT2D eigenvalue weighted by atomic mass is 32.2. The highest BCUT2D eigenvalue weighted by Gasteiger charge is 2.02. The number of aliphatic hydroxyl groups excluding tert-OH is 2. The first-order valence-corrected chi connectivity index (χ1v) is 5.91. The summed E-state index contributed by atoms with van der Waals surface area (Å²) in [7, 11) is 1.83. The van der Waals surface area contributed by atoms with E-state index in [4.69, 9.17) is 10.2 Å². The Bertz CT molecular complexity index is 279. The van der Waals surface area contributed by atoms with Crippen LogP contribution in [0.25, 0.3) is 0 Å². The fourth-order valence-corrected chi connectivity index (χ4v) is 1.93. The zero-order valence-electron chi connectivity index (χ0n) is 8.68. The van der Waals surface area contributed by atoms with Crippen molar-refractivity contribution in [1.82, 2.24) is 4.98 Å². The van der Waals surface area contributed by atoms with Crippen LogP contribution in [0.15, 0.2) is 18.3 Å². The molecule has 15 heavy (non-hydrogen) atoms. The van der Waals surface area contributed by atoms with Gasteiger partial charge in [0.2, 0.25) is 0 Å². The van der Waals surface area contributed by atoms with Crippen LogP contribution in [0.1, 0.15) is 5.56 Å². The molecule has 0 saturated heterocycles. The molecule has 0 amide bonds. The normalized spacial score (nSPS) is 12.5. The SMILES string of the molecule is CNc1ccc(CSCC(O)CO)cn1. The number of anilines is 1. The average Bonchev–Trinajstić information content (AvgIpc) is 2.29. The summed E-state index contributed by atoms with van der Waals surface area (Å²) in [5, 5.41) is 20.7. The number of hydrogen-bond acceptors (Lipinski definition) is 5. The maximum atomic E-state index is 9.12. The standard InChI is InChI=1S/C10H16N2O2S/c1-11-10-3-2-8(4-12-10)6-15-7-9(14)5-13/h2-4,9,13-14H,5-7H2,1H3,(H,11,12). The van der Waals surface area contributed by atoms with Gasteiger partial charge in [0.05, 0.1) is 12.7 Å². The molecule has 84 valence electrons. The molecule has 1 rings (SSSR count). The molecule has 1 aromatic heterocycles. The van der Waals surface area contributed by atoms with Crippen molar-refractivity contribution >= 4 is 17.6 Å². The molecular weight excluding hydrogens is 212 g/mol. The molecule has 5 heteroatoms. The Morgan fingerprint density at radius 2 is 2.33 bits per heavy atom. The molecule has 1 aromatic rings. The number of aromatic nitrogens is 1. The number of nitrogens with zero attached hydrogens (tertiary/aromatic N) is 1. The second-order valence-electron chi connectivity index (χ2n) is 3.15. The fraction of sp³-hybridized carbons (Fsp3) is 0.500. The maximum Gasteiger partial charge on any atom is 0.125 e. The predicted octanol–water partition coefficient (Wildman–Crippen LogP) is 0.710. The topological polar surface area (TPSA) is 65.4 Å². The smallest absolute Gasteiger partial charge is 0.125 e. The third-order valence-electron chi connectivity index (χ3n) is 1.87. The van der Waals surface area contributed by atoms with E-state index in [0.29, 0.717) is 5.75 Å². The molecule has 0 spiro atoms. The number of thioether (sulfide) groups is 1. The summed E-state index contributed by atoms with van der Waals surface area (Å²) in [6.07, 6.45) is 1.18. The van der Waals surface area contributed by atoms with Gasteiger partial charge in [-0.25, -0.2) is 4.98 Å². The second kappa shape index (κ2) is 6.66. The summed E-state index contributed by atoms with van der Waals surface area (Å²) in [6.45, 7) is -0.177. The first-order chi connectivity index (χ1) is 7.26. The summed E-state index contributed by atoms with van der Waals surface area (Å²) in [5.74, 6) is 2.19. The quantitative estimate of drug-likeness (QED) is 0.669. The van der Waals surface area contributed by atoms with E-state index in [-0.39, 0.29) is 6.61 Å². The van der Waals surface area contributed by atoms with Gasteiger partial charge in [-0.3, -0.25) is 0 Å². The van der Waals surface area contributed by atoms with Gasteiger partial charge < -0.3 is 15.5 Å². The van der Waals surface area contributed by atoms with E-state index in [0.717, 1.165) is 17.1 Å². The van der Waals surface area contributed by atoms with Crippen LogP contribution in [0, 0.1) is 0 Å². The van der Waals surface area contributed by atoms with E-state index in [9.17, 15) is 0 Å². The molecule has 0 fully saturated rings. The zero-order chi connectivity index (χ0) is 11.1. The minimum Gasteiger partial charge on any atom is -0.394 e. The lowest BCUT2D eigenvalue weighted by molar-refractivity contribution is 0.113. The minimum atomic E-state index is -0.625. The largest absolute Gasteiger partial charge is 0.394 e. The molecule has 3 N–H and O–H groups in total. The number of hydrogen-bond donors (Lipinski definition) is 3. The van der Waals surface area contributed by atoms with E-state index >= 15 is 0 Å². The highest BCUT2D eigenvalue weighted by Crippen LogP contribution is 2.13. The zero-order valence-corrected chi connectivity index (χ0v) is 9.50. The van der Waals surface area contributed by atoms with Crippen LogP contribution in [0.2, 0.25) is 0 Å². The lowest BCUT2D eigenvalue weighted by atomic mass is 10.3. The molecule has 0 aliphatic rings. The third-order valence-corrected chi connectivity index (χ3v) is 3.03. The van der Waals surface area contributed by atoms with E-state index in [2.05, 4.69) is 10.3 Å². The highest BCUT2D eigenvalue weighted by molar-refractivity contribution is 7.98. The van der Waals surface area contributed by atoms with Gasteiger partial charge in [0.1, 0.15) is 5.82 Å². The lowest BCUT2D eigenvalue weighted by Gasteiger charge is -2.06. The van der Waals surface area contributed by atoms with Crippen LogP contribution in [0.3, 0.4) is 0 Å². The van der Waals surface area contributed by atoms with Crippen molar-refractivity contribution in [3.63, 3.8) is 0 Å². The van der Waals surface area contributed by atoms with Crippen LogP contribution < -0.4 is 5.32 Å². The number of rotatable bonds is 6. The summed E-state index contributed by atoms with van der Waals surface area (Å²) >= 11 is 1.58. The van der Waals surface area contributed by atoms with Gasteiger partial charge in [0.15, 0.2) is 0 Å². The van der Waals surface area contributed by atoms with Gasteiger partial charge in [-0.2, -0.15) is 11.8 Å². The van der Waals surface area contributed by atoms with Crippen molar-refractivity contribution in [2.45, 2.75) is 11.9 Å². The van der Waals surface area contributed by atoms with Gasteiger partial charge in [0.25, 0.3) is 0 Å². The summed E-state index contributed by atoms with van der Waals surface area (Å²) in [6, 6.07) is 3.91. The van der Waals surface area contributed by atoms with Crippen molar-refractivity contribution < 1.29 is 10.2 Å². The van der Waals surface area contributed by atoms with Gasteiger partial charge in [-0.1, -0.05) is 6.07 Å². The first-order valence-electron chi connectivity index (χ1n) is 4.75. The molecular formula is C10H16N2O2S. The van der Waals surface area contributed by atoms with Gasteiger partial charge in [-0.15, -0.1) is 0 Å². The van der Waals surface area contributed by atoms with E-state index in [1.807, 2.05) is 25.4 Å². The number of pyridine rings is 1. The third kappa shape index (κ3) is 4.51. The molecule has 0 aliphatic carbocycles. The van der Waals surface area contributed by atoms with Crippen LogP contribution in [-0.2, 0) is 5.75 Å². The molecule has 0 bridgehead atoms. The Hall–Kier alpha value is -0.780. The van der Waals surface area contributed by atoms with Crippen molar-refractivity contribution in [2.24, 2.45) is 0 Å². The number of nitrogens with one attached hydrogen (secondary N) is 1. The van der Waals surface area contributed by atoms with Gasteiger partial charge in [-0.05, 0) is 11.6 Å². The van der Waals surface area contributed by atoms with Crippen LogP contribution in [0.4, 0.5) is 5.82 Å². The summed E-state index contributed by atoms with van der Waals surface area (Å²) in [5.41, 5.74) is 1.11. The Morgan fingerprint density at radius 1 is 1.53 bits per heavy atom. The van der Waals surface area contributed by atoms with Crippen molar-refractivity contribution in [3.05, 3.63) is 23.9 Å². The van der Waals surface area contributed by atoms with Crippen LogP contribution >= 0.6 is 11.8 Å². The molecule has 1 unspecified atom stereocenters. The van der Waals surface area contributed by atoms with E-state index < -0.39 is 6.10 Å². The van der Waals surface area contributed by atoms with Crippen LogP contribution in [0.5, 0.6) is 0 Å². The molecule has 0 saturated carbocycles. The molecule has 1 heterocycles. The maximum absolute atomic E-state index is 9.12. The van der Waals surface area contributed by atoms with Gasteiger partial charge >= 0.3 is 0 Å². The first kappa shape index (κ1) is 12.3. The molecule has 0 radical (unpaired) electrons. The van der Waals surface area contributed by atoms with Gasteiger partial charge in [0, 0.05) is 24.8 Å². The van der Waals surface area contributed by atoms with Crippen molar-refractivity contribution in [2.75, 3.05) is 24.7 Å². The Morgan fingerprint density at radius 3 is 2.87 bits per heavy atom. The second-order valence-corrected chi connectivity index (χ2v) is 4.18. The van der Waals surface area contributed by atoms with Crippen molar-refractivity contribution in [3.8, 4) is 0 Å². The predicted molar refractivity (Wildman–Crippen MR) is 63.0 cm³/mol. The summed E-state index contributed by atoms with van der Waals surface area (Å²) in [4.78, 5) is 4.18. The molecule has 1 atom stereocenters. The average molecular weight is 228 g/mol. The van der Waals surface area contributed by atoms with Crippen LogP contribution in [-0.4, -0.2) is 40.7 Å². The fourth-order valence-electron chi connectivity index (χ4n) is 1.02. The van der Waals surface area contributed by atoms with E-state index in [1.54, 1.807) is 11.8 Å². The Balaban J connectivity index is 2.31. The Kier molecular flexibility index (Phi) is 5.45. The van der Waals surface area contributed by atoms with Crippen molar-refractivity contribution in [1.29, 1.82) is 0 Å². The monoisotopic (exact) mass is 228 g/mol.